The second-order valence-electron chi connectivity index (χ2n) is 31.7. The number of amides is 10. The number of urea groups is 1. The lowest BCUT2D eigenvalue weighted by molar-refractivity contribution is -0.270. The molecule has 11 aliphatic rings. The van der Waals surface area contributed by atoms with Gasteiger partial charge in [0, 0.05) is 55.1 Å². The Morgan fingerprint density at radius 1 is 0.639 bits per heavy atom. The fourth-order valence-electron chi connectivity index (χ4n) is 17.3. The first-order chi connectivity index (χ1) is 56.9. The standard InChI is InChI=1S/C82H94Cl2N12O23/c1-35(2)20-51(86-3)74(106)94-66-68(101)39-5-12-55(49(83)27-39)116-57-29-43-30-58(73(57)119-81-72(105)71(104)70(103)59(34-85)118-81)117-56-13-6-40(28-50(56)84)69(102)67-80(112)93-65(78(110)90-62-41-22-36-21-37(24-41)25-42(62)23-36)48-31-45(97)32-54(99)61(48)47-26-38(4-11-53(47)98)63(76(108)95-67)92-77(109)64(43)91-75(107)52(88-79(66)111)33-60(100)89-82(113)87-44-7-9-46(10-8-44)115-19-16-96-14-17-114-18-15-96/h4-13,26-32,35-37,41-42,51-52,59,62-72,81,86,97-99,101-105H,14-25,33-34,85H2,1-3H3,(H,88,111)(H,90,110)(H,91,107)(H,92,109)(H,93,112)(H,94,106)(H,95,108)(H2,87,89,100,113)/t36?,37?,41?,42?,51-,52?,59-,62?,63-,64?,65-,66?,67+,68-,69-,70-,71+,72-,81-/m1/s1. The number of carbonyl (C=O) groups excluding carboxylic acids is 9. The van der Waals surface area contributed by atoms with Crippen LogP contribution in [0.3, 0.4) is 0 Å². The van der Waals surface area contributed by atoms with Gasteiger partial charge in [0.1, 0.15) is 114 Å². The number of rotatable bonds is 17. The molecule has 15 bridgehead atoms. The maximum atomic E-state index is 16.5. The molecule has 37 heteroatoms. The summed E-state index contributed by atoms with van der Waals surface area (Å²) in [4.78, 5) is 140. The number of phenolic OH excluding ortho intramolecular Hbond substituents is 3. The summed E-state index contributed by atoms with van der Waals surface area (Å²) in [6, 6.07) is 5.03. The van der Waals surface area contributed by atoms with Crippen LogP contribution in [-0.2, 0) is 47.8 Å². The van der Waals surface area contributed by atoms with Crippen LogP contribution in [0.1, 0.15) is 117 Å². The number of likely N-dealkylation sites (N-methyl/N-ethyl adjacent to an activating group) is 1. The van der Waals surface area contributed by atoms with Gasteiger partial charge in [-0.15, -0.1) is 0 Å². The average molecular weight is 1690 g/mol. The van der Waals surface area contributed by atoms with Crippen LogP contribution in [0.2, 0.25) is 10.0 Å². The van der Waals surface area contributed by atoms with Gasteiger partial charge in [-0.3, -0.25) is 48.6 Å². The highest BCUT2D eigenvalue weighted by molar-refractivity contribution is 6.32. The van der Waals surface area contributed by atoms with E-state index in [0.29, 0.717) is 44.0 Å². The minimum Gasteiger partial charge on any atom is -0.508 e. The number of carbonyl (C=O) groups is 9. The molecule has 4 aliphatic carbocycles. The van der Waals surface area contributed by atoms with E-state index in [-0.39, 0.29) is 90.8 Å². The van der Waals surface area contributed by atoms with Crippen molar-refractivity contribution in [2.75, 3.05) is 58.4 Å². The first-order valence-electron chi connectivity index (χ1n) is 39.3. The molecule has 7 aliphatic heterocycles. The Labute approximate surface area is 691 Å². The SMILES string of the molecule is CN[C@H](CC(C)C)C(=O)NC1C(=O)NC(CC(=O)NC(=O)Nc2ccc(OCCN3CCOCC3)cc2)C(=O)NC2C(=O)N[C@H]3C(=O)N[C@H](C(=O)N[C@@H](C(=O)NC4C5CC6CC(C5)CC4C6)c4cc(O)cc(O)c4-c4cc3ccc4O)[C@H](O)c3ccc(c(Cl)c3)Oc3cc2cc(c3O[C@H]2O[C@H](CN)[C@@H](O)[C@H](O)[C@H]2O)Oc2ccc(cc2Cl)[C@H]1O. The molecule has 10 amide bonds. The van der Waals surface area contributed by atoms with Crippen molar-refractivity contribution in [1.82, 2.24) is 52.8 Å². The third-order valence-electron chi connectivity index (χ3n) is 23.1. The van der Waals surface area contributed by atoms with Gasteiger partial charge in [-0.2, -0.15) is 0 Å². The monoisotopic (exact) mass is 1680 g/mol. The molecular weight excluding hydrogens is 1590 g/mol. The van der Waals surface area contributed by atoms with E-state index in [1.807, 2.05) is 13.8 Å². The first-order valence-corrected chi connectivity index (χ1v) is 40.1. The number of hydrogen-bond donors (Lipinski definition) is 19. The number of nitrogens with zero attached hydrogens (tertiary/aromatic N) is 1. The topological polar surface area (TPSA) is 520 Å². The molecule has 6 aromatic rings. The minimum absolute atomic E-state index is 0.0680. The molecule has 17 rings (SSSR count). The lowest BCUT2D eigenvalue weighted by atomic mass is 9.54. The number of morpholine rings is 1. The van der Waals surface area contributed by atoms with Gasteiger partial charge < -0.3 is 123 Å². The number of nitrogens with two attached hydrogens (primary N) is 1. The van der Waals surface area contributed by atoms with Crippen molar-refractivity contribution in [1.29, 1.82) is 0 Å². The van der Waals surface area contributed by atoms with Crippen LogP contribution in [0.4, 0.5) is 10.5 Å². The van der Waals surface area contributed by atoms with Crippen LogP contribution in [0.25, 0.3) is 11.1 Å². The Bertz CT molecular complexity index is 4860. The number of aliphatic hydroxyl groups excluding tert-OH is 5. The van der Waals surface area contributed by atoms with Crippen LogP contribution < -0.4 is 77.8 Å². The quantitative estimate of drug-likeness (QED) is 0.0623. The van der Waals surface area contributed by atoms with E-state index in [0.717, 1.165) is 99.8 Å². The second-order valence-corrected chi connectivity index (χ2v) is 32.5. The van der Waals surface area contributed by atoms with Gasteiger partial charge in [-0.25, -0.2) is 4.79 Å². The number of ether oxygens (including phenoxy) is 6. The zero-order valence-electron chi connectivity index (χ0n) is 64.7. The number of fused-ring (bicyclic) bond motifs is 15. The number of aliphatic hydroxyl groups is 5. The number of nitrogens with one attached hydrogen (secondary N) is 10. The Morgan fingerprint density at radius 2 is 1.26 bits per heavy atom. The lowest BCUT2D eigenvalue weighted by Gasteiger charge is -2.54. The maximum Gasteiger partial charge on any atom is 0.325 e. The van der Waals surface area contributed by atoms with Gasteiger partial charge in [0.25, 0.3) is 0 Å². The van der Waals surface area contributed by atoms with E-state index in [1.54, 1.807) is 12.1 Å². The van der Waals surface area contributed by atoms with E-state index in [2.05, 4.69) is 58.1 Å². The van der Waals surface area contributed by atoms with E-state index in [9.17, 15) is 55.2 Å². The Hall–Kier alpha value is -10.7. The van der Waals surface area contributed by atoms with E-state index < -0.39 is 192 Å². The van der Waals surface area contributed by atoms with Gasteiger partial charge in [-0.05, 0) is 182 Å². The molecule has 0 aromatic heterocycles. The molecule has 6 fully saturated rings. The van der Waals surface area contributed by atoms with Crippen LogP contribution in [0.5, 0.6) is 51.7 Å². The van der Waals surface area contributed by atoms with Gasteiger partial charge >= 0.3 is 6.03 Å². The highest BCUT2D eigenvalue weighted by atomic mass is 35.5. The highest BCUT2D eigenvalue weighted by Crippen LogP contribution is 2.55. The molecule has 14 atom stereocenters. The van der Waals surface area contributed by atoms with Crippen molar-refractivity contribution in [3.05, 3.63) is 141 Å². The maximum absolute atomic E-state index is 16.5. The van der Waals surface area contributed by atoms with Crippen LogP contribution in [0.15, 0.2) is 103 Å². The van der Waals surface area contributed by atoms with Gasteiger partial charge in [0.05, 0.1) is 35.7 Å². The summed E-state index contributed by atoms with van der Waals surface area (Å²) in [7, 11) is 1.48. The average Bonchev–Trinajstić information content (AvgIpc) is 0.756. The van der Waals surface area contributed by atoms with Gasteiger partial charge in [-0.1, -0.05) is 55.2 Å². The Balaban J connectivity index is 0.912. The van der Waals surface area contributed by atoms with Gasteiger partial charge in [0.15, 0.2) is 11.5 Å². The summed E-state index contributed by atoms with van der Waals surface area (Å²) in [5, 5.41) is 120. The van der Waals surface area contributed by atoms with Crippen molar-refractivity contribution in [3.8, 4) is 62.9 Å². The molecule has 20 N–H and O–H groups in total. The van der Waals surface area contributed by atoms with E-state index in [4.69, 9.17) is 57.4 Å². The lowest BCUT2D eigenvalue weighted by Crippen LogP contribution is -2.60. The first kappa shape index (κ1) is 84.8. The predicted octanol–water partition coefficient (Wildman–Crippen LogP) is 3.27. The van der Waals surface area contributed by atoms with Crippen molar-refractivity contribution in [2.45, 2.75) is 150 Å². The molecular formula is C82H94Cl2N12O23. The smallest absolute Gasteiger partial charge is 0.325 e. The van der Waals surface area contributed by atoms with Crippen molar-refractivity contribution in [3.63, 3.8) is 0 Å². The fraction of sp³-hybridized carbons (Fsp3) is 0.451. The van der Waals surface area contributed by atoms with Crippen LogP contribution in [0, 0.1) is 29.6 Å². The fourth-order valence-corrected chi connectivity index (χ4v) is 17.7. The summed E-state index contributed by atoms with van der Waals surface area (Å²) in [5.74, 6) is -13.0. The zero-order chi connectivity index (χ0) is 84.5. The van der Waals surface area contributed by atoms with Crippen LogP contribution >= 0.6 is 23.2 Å². The van der Waals surface area contributed by atoms with Crippen molar-refractivity contribution >= 4 is 82.2 Å². The number of anilines is 1. The number of benzene rings is 6. The Morgan fingerprint density at radius 3 is 1.89 bits per heavy atom. The number of halogens is 2. The number of aromatic hydroxyl groups is 3. The number of hydrogen-bond acceptors (Lipinski definition) is 26. The number of phenols is 3. The summed E-state index contributed by atoms with van der Waals surface area (Å²) < 4.78 is 37.0. The van der Waals surface area contributed by atoms with E-state index >= 15 is 28.8 Å². The summed E-state index contributed by atoms with van der Waals surface area (Å²) in [5.41, 5.74) is 4.01. The van der Waals surface area contributed by atoms with Crippen LogP contribution in [-0.4, -0.2) is 213 Å². The summed E-state index contributed by atoms with van der Waals surface area (Å²) in [6.45, 7) is 6.80. The molecule has 0 spiro atoms. The third-order valence-corrected chi connectivity index (χ3v) is 23.7. The molecule has 6 aromatic carbocycles. The second kappa shape index (κ2) is 36.1. The molecule has 35 nitrogen and oxygen atoms in total. The zero-order valence-corrected chi connectivity index (χ0v) is 66.3. The molecule has 3 unspecified atom stereocenters. The molecule has 634 valence electrons. The third kappa shape index (κ3) is 18.7. The highest BCUT2D eigenvalue weighted by Gasteiger charge is 2.51. The Kier molecular flexibility index (Phi) is 25.7. The van der Waals surface area contributed by atoms with E-state index in [1.165, 1.54) is 43.4 Å². The van der Waals surface area contributed by atoms with Crippen molar-refractivity contribution in [2.24, 2.45) is 35.3 Å². The molecule has 119 heavy (non-hydrogen) atoms. The predicted molar refractivity (Wildman–Crippen MR) is 423 cm³/mol. The molecule has 4 saturated carbocycles. The number of imide groups is 1. The largest absolute Gasteiger partial charge is 0.508 e. The molecule has 2 saturated heterocycles. The van der Waals surface area contributed by atoms with Gasteiger partial charge in [0.2, 0.25) is 59.3 Å². The molecule has 0 radical (unpaired) electrons. The summed E-state index contributed by atoms with van der Waals surface area (Å²) >= 11 is 14.3. The molecule has 7 heterocycles. The van der Waals surface area contributed by atoms with Crippen molar-refractivity contribution < 1.29 is 112 Å². The normalized spacial score (nSPS) is 28.3. The summed E-state index contributed by atoms with van der Waals surface area (Å²) in [6.07, 6.45) is -10.2. The minimum atomic E-state index is -2.38.